The van der Waals surface area contributed by atoms with Crippen LogP contribution in [0.25, 0.3) is 0 Å². The van der Waals surface area contributed by atoms with Gasteiger partial charge in [-0.2, -0.15) is 0 Å². The quantitative estimate of drug-likeness (QED) is 0.826. The molecule has 0 aliphatic rings. The lowest BCUT2D eigenvalue weighted by Crippen LogP contribution is -1.92. The molecule has 0 saturated heterocycles. The van der Waals surface area contributed by atoms with E-state index in [0.717, 1.165) is 17.7 Å². The maximum absolute atomic E-state index is 13.0. The second-order valence-corrected chi connectivity index (χ2v) is 3.76. The summed E-state index contributed by atoms with van der Waals surface area (Å²) < 4.78 is 13.0. The SMILES string of the molecule is CNc1cccc(Cc2cccc(F)c2)c1. The van der Waals surface area contributed by atoms with Crippen molar-refractivity contribution in [3.05, 3.63) is 65.5 Å². The molecule has 2 aromatic carbocycles. The first-order chi connectivity index (χ1) is 7.78. The summed E-state index contributed by atoms with van der Waals surface area (Å²) in [6.07, 6.45) is 0.757. The normalized spacial score (nSPS) is 10.1. The lowest BCUT2D eigenvalue weighted by atomic mass is 10.0. The van der Waals surface area contributed by atoms with Crippen LogP contribution in [-0.2, 0) is 6.42 Å². The van der Waals surface area contributed by atoms with Crippen LogP contribution in [0.3, 0.4) is 0 Å². The highest BCUT2D eigenvalue weighted by Gasteiger charge is 1.98. The van der Waals surface area contributed by atoms with Crippen molar-refractivity contribution in [3.63, 3.8) is 0 Å². The summed E-state index contributed by atoms with van der Waals surface area (Å²) in [7, 11) is 1.89. The number of hydrogen-bond acceptors (Lipinski definition) is 1. The Morgan fingerprint density at radius 3 is 2.38 bits per heavy atom. The van der Waals surface area contributed by atoms with Crippen LogP contribution < -0.4 is 5.32 Å². The molecule has 0 unspecified atom stereocenters. The van der Waals surface area contributed by atoms with E-state index in [4.69, 9.17) is 0 Å². The molecule has 0 fully saturated rings. The van der Waals surface area contributed by atoms with Crippen LogP contribution in [0.15, 0.2) is 48.5 Å². The summed E-state index contributed by atoms with van der Waals surface area (Å²) in [5, 5.41) is 3.09. The zero-order chi connectivity index (χ0) is 11.4. The molecular weight excluding hydrogens is 201 g/mol. The van der Waals surface area contributed by atoms with E-state index in [1.165, 1.54) is 11.6 Å². The molecule has 2 aromatic rings. The van der Waals surface area contributed by atoms with Gasteiger partial charge in [0.05, 0.1) is 0 Å². The van der Waals surface area contributed by atoms with Gasteiger partial charge in [0.1, 0.15) is 5.82 Å². The van der Waals surface area contributed by atoms with Gasteiger partial charge < -0.3 is 5.32 Å². The Hall–Kier alpha value is -1.83. The van der Waals surface area contributed by atoms with Gasteiger partial charge in [-0.05, 0) is 41.8 Å². The number of halogens is 1. The predicted molar refractivity (Wildman–Crippen MR) is 65.2 cm³/mol. The van der Waals surface area contributed by atoms with Gasteiger partial charge in [-0.1, -0.05) is 24.3 Å². The Morgan fingerprint density at radius 2 is 1.69 bits per heavy atom. The van der Waals surface area contributed by atoms with Crippen LogP contribution in [-0.4, -0.2) is 7.05 Å². The topological polar surface area (TPSA) is 12.0 Å². The van der Waals surface area contributed by atoms with E-state index >= 15 is 0 Å². The van der Waals surface area contributed by atoms with Crippen molar-refractivity contribution >= 4 is 5.69 Å². The third kappa shape index (κ3) is 2.60. The standard InChI is InChI=1S/C14H14FN/c1-16-14-7-3-5-12(10-14)8-11-4-2-6-13(15)9-11/h2-7,9-10,16H,8H2,1H3. The Bertz CT molecular complexity index is 480. The van der Waals surface area contributed by atoms with E-state index in [2.05, 4.69) is 11.4 Å². The summed E-state index contributed by atoms with van der Waals surface area (Å²) in [6, 6.07) is 14.9. The van der Waals surface area contributed by atoms with Crippen molar-refractivity contribution in [2.75, 3.05) is 12.4 Å². The van der Waals surface area contributed by atoms with Crippen LogP contribution >= 0.6 is 0 Å². The average molecular weight is 215 g/mol. The average Bonchev–Trinajstić information content (AvgIpc) is 2.29. The molecule has 0 saturated carbocycles. The van der Waals surface area contributed by atoms with Crippen molar-refractivity contribution in [1.29, 1.82) is 0 Å². The molecule has 0 heterocycles. The molecule has 0 aliphatic carbocycles. The van der Waals surface area contributed by atoms with Crippen molar-refractivity contribution < 1.29 is 4.39 Å². The highest BCUT2D eigenvalue weighted by molar-refractivity contribution is 5.46. The van der Waals surface area contributed by atoms with Gasteiger partial charge >= 0.3 is 0 Å². The molecule has 0 aromatic heterocycles. The van der Waals surface area contributed by atoms with Crippen LogP contribution in [0.1, 0.15) is 11.1 Å². The number of benzene rings is 2. The third-order valence-corrected chi connectivity index (χ3v) is 2.51. The van der Waals surface area contributed by atoms with Crippen molar-refractivity contribution in [3.8, 4) is 0 Å². The predicted octanol–water partition coefficient (Wildman–Crippen LogP) is 3.46. The second-order valence-electron chi connectivity index (χ2n) is 3.76. The maximum Gasteiger partial charge on any atom is 0.123 e. The Labute approximate surface area is 94.9 Å². The highest BCUT2D eigenvalue weighted by atomic mass is 19.1. The number of rotatable bonds is 3. The van der Waals surface area contributed by atoms with E-state index in [1.54, 1.807) is 12.1 Å². The number of nitrogens with one attached hydrogen (secondary N) is 1. The second kappa shape index (κ2) is 4.79. The van der Waals surface area contributed by atoms with Gasteiger partial charge in [-0.15, -0.1) is 0 Å². The lowest BCUT2D eigenvalue weighted by molar-refractivity contribution is 0.626. The molecule has 0 bridgehead atoms. The van der Waals surface area contributed by atoms with Gasteiger partial charge in [0.25, 0.3) is 0 Å². The molecule has 0 atom stereocenters. The molecule has 2 rings (SSSR count). The van der Waals surface area contributed by atoms with Crippen molar-refractivity contribution in [2.45, 2.75) is 6.42 Å². The Morgan fingerprint density at radius 1 is 1.00 bits per heavy atom. The largest absolute Gasteiger partial charge is 0.388 e. The zero-order valence-corrected chi connectivity index (χ0v) is 9.20. The minimum atomic E-state index is -0.178. The minimum absolute atomic E-state index is 0.178. The summed E-state index contributed by atoms with van der Waals surface area (Å²) >= 11 is 0. The van der Waals surface area contributed by atoms with Crippen LogP contribution in [0.2, 0.25) is 0 Å². The smallest absolute Gasteiger partial charge is 0.123 e. The monoisotopic (exact) mass is 215 g/mol. The summed E-state index contributed by atoms with van der Waals surface area (Å²) in [5.74, 6) is -0.178. The first-order valence-corrected chi connectivity index (χ1v) is 5.29. The van der Waals surface area contributed by atoms with Gasteiger partial charge in [0, 0.05) is 12.7 Å². The van der Waals surface area contributed by atoms with Crippen molar-refractivity contribution in [2.24, 2.45) is 0 Å². The first-order valence-electron chi connectivity index (χ1n) is 5.29. The van der Waals surface area contributed by atoms with E-state index < -0.39 is 0 Å². The first kappa shape index (κ1) is 10.7. The fraction of sp³-hybridized carbons (Fsp3) is 0.143. The molecule has 82 valence electrons. The number of hydrogen-bond donors (Lipinski definition) is 1. The van der Waals surface area contributed by atoms with Gasteiger partial charge in [-0.25, -0.2) is 4.39 Å². The van der Waals surface area contributed by atoms with Crippen LogP contribution in [0.4, 0.5) is 10.1 Å². The van der Waals surface area contributed by atoms with Crippen LogP contribution in [0, 0.1) is 5.82 Å². The summed E-state index contributed by atoms with van der Waals surface area (Å²) in [5.41, 5.74) is 3.25. The molecule has 2 heteroatoms. The molecule has 0 amide bonds. The third-order valence-electron chi connectivity index (χ3n) is 2.51. The Balaban J connectivity index is 2.20. The lowest BCUT2D eigenvalue weighted by Gasteiger charge is -2.05. The molecule has 0 aliphatic heterocycles. The fourth-order valence-corrected chi connectivity index (χ4v) is 1.72. The fourth-order valence-electron chi connectivity index (χ4n) is 1.72. The van der Waals surface area contributed by atoms with E-state index in [0.29, 0.717) is 0 Å². The summed E-state index contributed by atoms with van der Waals surface area (Å²) in [4.78, 5) is 0. The van der Waals surface area contributed by atoms with E-state index in [1.807, 2.05) is 31.3 Å². The van der Waals surface area contributed by atoms with Gasteiger partial charge in [0.15, 0.2) is 0 Å². The molecule has 0 spiro atoms. The molecule has 16 heavy (non-hydrogen) atoms. The van der Waals surface area contributed by atoms with Crippen LogP contribution in [0.5, 0.6) is 0 Å². The minimum Gasteiger partial charge on any atom is -0.388 e. The molecule has 1 N–H and O–H groups in total. The van der Waals surface area contributed by atoms with E-state index in [9.17, 15) is 4.39 Å². The molecule has 1 nitrogen and oxygen atoms in total. The van der Waals surface area contributed by atoms with E-state index in [-0.39, 0.29) is 5.82 Å². The maximum atomic E-state index is 13.0. The van der Waals surface area contributed by atoms with Gasteiger partial charge in [0.2, 0.25) is 0 Å². The molecule has 0 radical (unpaired) electrons. The van der Waals surface area contributed by atoms with Crippen molar-refractivity contribution in [1.82, 2.24) is 0 Å². The summed E-state index contributed by atoms with van der Waals surface area (Å²) in [6.45, 7) is 0. The zero-order valence-electron chi connectivity index (χ0n) is 9.20. The Kier molecular flexibility index (Phi) is 3.20. The highest BCUT2D eigenvalue weighted by Crippen LogP contribution is 2.14. The number of anilines is 1. The van der Waals surface area contributed by atoms with Gasteiger partial charge in [-0.3, -0.25) is 0 Å². The molecular formula is C14H14FN.